The number of anilines is 1. The molecule has 0 bridgehead atoms. The minimum atomic E-state index is 0.0126. The lowest BCUT2D eigenvalue weighted by molar-refractivity contribution is -0.130. The summed E-state index contributed by atoms with van der Waals surface area (Å²) in [4.78, 5) is 31.8. The summed E-state index contributed by atoms with van der Waals surface area (Å²) in [6.07, 6.45) is 0.470. The molecule has 3 rings (SSSR count). The van der Waals surface area contributed by atoms with Crippen molar-refractivity contribution in [3.8, 4) is 11.3 Å². The number of rotatable bonds is 5. The molecule has 0 aliphatic carbocycles. The molecule has 6 nitrogen and oxygen atoms in total. The first-order valence-corrected chi connectivity index (χ1v) is 9.75. The summed E-state index contributed by atoms with van der Waals surface area (Å²) in [6.45, 7) is 7.64. The van der Waals surface area contributed by atoms with Gasteiger partial charge in [-0.05, 0) is 12.1 Å². The van der Waals surface area contributed by atoms with Crippen LogP contribution < -0.4 is 5.32 Å². The van der Waals surface area contributed by atoms with Crippen molar-refractivity contribution < 1.29 is 9.59 Å². The third-order valence-corrected chi connectivity index (χ3v) is 5.35. The monoisotopic (exact) mass is 372 g/mol. The summed E-state index contributed by atoms with van der Waals surface area (Å²) >= 11 is 1.66. The van der Waals surface area contributed by atoms with Gasteiger partial charge in [-0.15, -0.1) is 11.3 Å². The molecule has 0 spiro atoms. The maximum Gasteiger partial charge on any atom is 0.224 e. The van der Waals surface area contributed by atoms with E-state index in [0.717, 1.165) is 54.7 Å². The van der Waals surface area contributed by atoms with Crippen LogP contribution in [0.3, 0.4) is 0 Å². The Hall–Kier alpha value is -2.25. The minimum Gasteiger partial charge on any atom is -0.340 e. The Morgan fingerprint density at radius 2 is 1.85 bits per heavy atom. The minimum absolute atomic E-state index is 0.0126. The highest BCUT2D eigenvalue weighted by Gasteiger charge is 2.19. The molecule has 7 heteroatoms. The Morgan fingerprint density at radius 1 is 1.15 bits per heavy atom. The molecule has 1 aliphatic heterocycles. The van der Waals surface area contributed by atoms with E-state index in [1.165, 1.54) is 0 Å². The lowest BCUT2D eigenvalue weighted by Crippen LogP contribution is -2.47. The Labute approximate surface area is 157 Å². The number of thiazole rings is 1. The maximum atomic E-state index is 11.4. The zero-order valence-corrected chi connectivity index (χ0v) is 16.0. The lowest BCUT2D eigenvalue weighted by atomic mass is 10.1. The Morgan fingerprint density at radius 3 is 2.46 bits per heavy atom. The van der Waals surface area contributed by atoms with Gasteiger partial charge < -0.3 is 10.2 Å². The van der Waals surface area contributed by atoms with Gasteiger partial charge in [-0.2, -0.15) is 0 Å². The fraction of sp³-hybridized carbons (Fsp3) is 0.421. The predicted octanol–water partition coefficient (Wildman–Crippen LogP) is 2.82. The van der Waals surface area contributed by atoms with Gasteiger partial charge in [-0.25, -0.2) is 4.98 Å². The molecule has 1 aromatic carbocycles. The Bertz CT molecular complexity index is 764. The van der Waals surface area contributed by atoms with Gasteiger partial charge in [-0.3, -0.25) is 14.5 Å². The molecule has 26 heavy (non-hydrogen) atoms. The van der Waals surface area contributed by atoms with Gasteiger partial charge in [-0.1, -0.05) is 19.1 Å². The fourth-order valence-electron chi connectivity index (χ4n) is 2.90. The molecule has 2 heterocycles. The average molecular weight is 372 g/mol. The molecular formula is C19H24N4O2S. The number of benzene rings is 1. The molecule has 0 saturated carbocycles. The second-order valence-electron chi connectivity index (χ2n) is 6.39. The second-order valence-corrected chi connectivity index (χ2v) is 7.33. The van der Waals surface area contributed by atoms with Crippen LogP contribution in [0.15, 0.2) is 29.6 Å². The first-order valence-electron chi connectivity index (χ1n) is 8.87. The number of carbonyl (C=O) groups is 2. The van der Waals surface area contributed by atoms with E-state index in [1.807, 2.05) is 36.1 Å². The topological polar surface area (TPSA) is 65.5 Å². The van der Waals surface area contributed by atoms with E-state index in [9.17, 15) is 9.59 Å². The van der Waals surface area contributed by atoms with Crippen LogP contribution in [0, 0.1) is 0 Å². The second kappa shape index (κ2) is 8.42. The van der Waals surface area contributed by atoms with Crippen molar-refractivity contribution in [2.45, 2.75) is 26.8 Å². The summed E-state index contributed by atoms with van der Waals surface area (Å²) in [5.74, 6) is 0.165. The highest BCUT2D eigenvalue weighted by molar-refractivity contribution is 7.09. The Kier molecular flexibility index (Phi) is 6.00. The molecule has 1 aromatic heterocycles. The van der Waals surface area contributed by atoms with Gasteiger partial charge in [0.15, 0.2) is 0 Å². The number of amides is 2. The normalized spacial score (nSPS) is 15.1. The number of carbonyl (C=O) groups excluding carboxylic acids is 2. The van der Waals surface area contributed by atoms with Gasteiger partial charge in [0.1, 0.15) is 5.01 Å². The number of piperazine rings is 1. The van der Waals surface area contributed by atoms with Crippen molar-refractivity contribution in [2.75, 3.05) is 31.5 Å². The molecule has 0 atom stereocenters. The zero-order chi connectivity index (χ0) is 18.5. The van der Waals surface area contributed by atoms with Crippen LogP contribution in [0.5, 0.6) is 0 Å². The van der Waals surface area contributed by atoms with Crippen molar-refractivity contribution in [3.63, 3.8) is 0 Å². The molecule has 1 fully saturated rings. The van der Waals surface area contributed by atoms with E-state index in [4.69, 9.17) is 4.98 Å². The maximum absolute atomic E-state index is 11.4. The zero-order valence-electron chi connectivity index (χ0n) is 15.2. The highest BCUT2D eigenvalue weighted by Crippen LogP contribution is 2.24. The van der Waals surface area contributed by atoms with E-state index in [0.29, 0.717) is 6.42 Å². The summed E-state index contributed by atoms with van der Waals surface area (Å²) in [5, 5.41) is 6.00. The standard InChI is InChI=1S/C19H24N4O2S/c1-3-18(25)20-16-6-4-15(5-7-16)17-13-26-19(21-17)12-22-8-10-23(11-9-22)14(2)24/h4-7,13H,3,8-12H2,1-2H3,(H,20,25). The molecule has 2 aromatic rings. The van der Waals surface area contributed by atoms with E-state index < -0.39 is 0 Å². The summed E-state index contributed by atoms with van der Waals surface area (Å²) in [6, 6.07) is 7.78. The van der Waals surface area contributed by atoms with Gasteiger partial charge in [0.05, 0.1) is 12.2 Å². The van der Waals surface area contributed by atoms with Gasteiger partial charge in [0.25, 0.3) is 0 Å². The average Bonchev–Trinajstić information content (AvgIpc) is 3.11. The predicted molar refractivity (Wildman–Crippen MR) is 104 cm³/mol. The van der Waals surface area contributed by atoms with Crippen LogP contribution in [0.4, 0.5) is 5.69 Å². The quantitative estimate of drug-likeness (QED) is 0.876. The third kappa shape index (κ3) is 4.68. The summed E-state index contributed by atoms with van der Waals surface area (Å²) < 4.78 is 0. The first kappa shape index (κ1) is 18.5. The number of aromatic nitrogens is 1. The summed E-state index contributed by atoms with van der Waals surface area (Å²) in [5.41, 5.74) is 2.81. The molecule has 2 amide bonds. The van der Waals surface area contributed by atoms with Crippen molar-refractivity contribution in [2.24, 2.45) is 0 Å². The van der Waals surface area contributed by atoms with Crippen LogP contribution in [0.25, 0.3) is 11.3 Å². The van der Waals surface area contributed by atoms with Gasteiger partial charge in [0.2, 0.25) is 11.8 Å². The van der Waals surface area contributed by atoms with Crippen LogP contribution in [0.1, 0.15) is 25.3 Å². The molecule has 0 radical (unpaired) electrons. The molecule has 0 unspecified atom stereocenters. The van der Waals surface area contributed by atoms with Crippen molar-refractivity contribution in [1.29, 1.82) is 0 Å². The third-order valence-electron chi connectivity index (χ3n) is 4.51. The molecule has 138 valence electrons. The van der Waals surface area contributed by atoms with Crippen LogP contribution in [-0.2, 0) is 16.1 Å². The van der Waals surface area contributed by atoms with E-state index >= 15 is 0 Å². The van der Waals surface area contributed by atoms with Crippen LogP contribution in [0.2, 0.25) is 0 Å². The number of nitrogens with one attached hydrogen (secondary N) is 1. The van der Waals surface area contributed by atoms with Crippen molar-refractivity contribution in [1.82, 2.24) is 14.8 Å². The number of nitrogens with zero attached hydrogens (tertiary/aromatic N) is 3. The SMILES string of the molecule is CCC(=O)Nc1ccc(-c2csc(CN3CCN(C(C)=O)CC3)n2)cc1. The number of hydrogen-bond acceptors (Lipinski definition) is 5. The van der Waals surface area contributed by atoms with Gasteiger partial charge >= 0.3 is 0 Å². The van der Waals surface area contributed by atoms with E-state index in [-0.39, 0.29) is 11.8 Å². The van der Waals surface area contributed by atoms with E-state index in [2.05, 4.69) is 15.6 Å². The Balaban J connectivity index is 1.58. The first-order chi connectivity index (χ1) is 12.5. The largest absolute Gasteiger partial charge is 0.340 e. The summed E-state index contributed by atoms with van der Waals surface area (Å²) in [7, 11) is 0. The van der Waals surface area contributed by atoms with Crippen LogP contribution >= 0.6 is 11.3 Å². The van der Waals surface area contributed by atoms with Crippen molar-refractivity contribution >= 4 is 28.8 Å². The molecular weight excluding hydrogens is 348 g/mol. The molecule has 1 N–H and O–H groups in total. The highest BCUT2D eigenvalue weighted by atomic mass is 32.1. The van der Waals surface area contributed by atoms with Crippen molar-refractivity contribution in [3.05, 3.63) is 34.7 Å². The fourth-order valence-corrected chi connectivity index (χ4v) is 3.75. The number of hydrogen-bond donors (Lipinski definition) is 1. The van der Waals surface area contributed by atoms with Crippen LogP contribution in [-0.4, -0.2) is 52.8 Å². The molecule has 1 saturated heterocycles. The molecule has 1 aliphatic rings. The lowest BCUT2D eigenvalue weighted by Gasteiger charge is -2.33. The van der Waals surface area contributed by atoms with E-state index in [1.54, 1.807) is 18.3 Å². The van der Waals surface area contributed by atoms with Gasteiger partial charge in [0, 0.05) is 56.2 Å². The smallest absolute Gasteiger partial charge is 0.224 e.